The molecule has 0 aromatic carbocycles. The first-order valence-corrected chi connectivity index (χ1v) is 7.44. The maximum absolute atomic E-state index is 4.24. The predicted molar refractivity (Wildman–Crippen MR) is 67.6 cm³/mol. The summed E-state index contributed by atoms with van der Waals surface area (Å²) in [6.45, 7) is 3.15. The first-order valence-electron chi connectivity index (χ1n) is 5.34. The highest BCUT2D eigenvalue weighted by atomic mass is 32.2. The summed E-state index contributed by atoms with van der Waals surface area (Å²) in [5.74, 6) is 2.53. The molecule has 0 saturated carbocycles. The molecule has 1 aromatic rings. The van der Waals surface area contributed by atoms with Crippen molar-refractivity contribution in [3.63, 3.8) is 0 Å². The highest BCUT2D eigenvalue weighted by Crippen LogP contribution is 2.09. The molecule has 2 rings (SSSR count). The van der Waals surface area contributed by atoms with Gasteiger partial charge in [-0.2, -0.15) is 11.8 Å². The minimum atomic E-state index is 0.701. The van der Waals surface area contributed by atoms with E-state index in [-0.39, 0.29) is 0 Å². The monoisotopic (exact) mass is 243 g/mol. The lowest BCUT2D eigenvalue weighted by Gasteiger charge is -2.22. The second-order valence-corrected chi connectivity index (χ2v) is 5.54. The van der Waals surface area contributed by atoms with E-state index in [0.29, 0.717) is 6.04 Å². The second-order valence-electron chi connectivity index (χ2n) is 3.67. The van der Waals surface area contributed by atoms with Crippen LogP contribution in [0.25, 0.3) is 0 Å². The van der Waals surface area contributed by atoms with Gasteiger partial charge in [-0.3, -0.25) is 0 Å². The average Bonchev–Trinajstić information content (AvgIpc) is 2.79. The molecule has 2 heterocycles. The number of nitrogens with zero attached hydrogens (tertiary/aromatic N) is 1. The molecule has 1 aromatic heterocycles. The van der Waals surface area contributed by atoms with Gasteiger partial charge in [-0.15, -0.1) is 11.3 Å². The molecule has 1 aliphatic rings. The van der Waals surface area contributed by atoms with E-state index in [4.69, 9.17) is 0 Å². The second kappa shape index (κ2) is 6.48. The highest BCUT2D eigenvalue weighted by Gasteiger charge is 2.11. The predicted octanol–water partition coefficient (Wildman–Crippen LogP) is 1.33. The molecule has 15 heavy (non-hydrogen) atoms. The van der Waals surface area contributed by atoms with Crippen molar-refractivity contribution in [3.05, 3.63) is 16.6 Å². The molecule has 1 unspecified atom stereocenters. The zero-order valence-electron chi connectivity index (χ0n) is 8.74. The lowest BCUT2D eigenvalue weighted by Crippen LogP contribution is -2.39. The van der Waals surface area contributed by atoms with Crippen molar-refractivity contribution < 1.29 is 0 Å². The maximum Gasteiger partial charge on any atom is 0.0795 e. The van der Waals surface area contributed by atoms with Gasteiger partial charge in [0.1, 0.15) is 0 Å². The van der Waals surface area contributed by atoms with Crippen molar-refractivity contribution in [2.24, 2.45) is 0 Å². The molecule has 3 nitrogen and oxygen atoms in total. The van der Waals surface area contributed by atoms with Crippen molar-refractivity contribution in [1.29, 1.82) is 0 Å². The molecule has 0 spiro atoms. The SMILES string of the molecule is c1nc(CNCCC2CSCCN2)cs1. The van der Waals surface area contributed by atoms with Crippen LogP contribution in [0.5, 0.6) is 0 Å². The third kappa shape index (κ3) is 4.10. The van der Waals surface area contributed by atoms with Crippen LogP contribution in [0.15, 0.2) is 10.9 Å². The van der Waals surface area contributed by atoms with Crippen molar-refractivity contribution in [2.45, 2.75) is 19.0 Å². The molecule has 0 amide bonds. The topological polar surface area (TPSA) is 37.0 Å². The highest BCUT2D eigenvalue weighted by molar-refractivity contribution is 7.99. The van der Waals surface area contributed by atoms with Gasteiger partial charge in [-0.1, -0.05) is 0 Å². The Balaban J connectivity index is 1.54. The van der Waals surface area contributed by atoms with Crippen molar-refractivity contribution in [3.8, 4) is 0 Å². The molecule has 0 bridgehead atoms. The van der Waals surface area contributed by atoms with Crippen LogP contribution >= 0.6 is 23.1 Å². The number of rotatable bonds is 5. The summed E-state index contributed by atoms with van der Waals surface area (Å²) in [6.07, 6.45) is 1.22. The third-order valence-corrected chi connectivity index (χ3v) is 4.22. The summed E-state index contributed by atoms with van der Waals surface area (Å²) < 4.78 is 0. The van der Waals surface area contributed by atoms with E-state index in [0.717, 1.165) is 18.8 Å². The van der Waals surface area contributed by atoms with E-state index in [1.54, 1.807) is 11.3 Å². The Bertz CT molecular complexity index is 258. The average molecular weight is 243 g/mol. The van der Waals surface area contributed by atoms with E-state index < -0.39 is 0 Å². The van der Waals surface area contributed by atoms with Gasteiger partial charge in [0.05, 0.1) is 11.2 Å². The fourth-order valence-corrected chi connectivity index (χ4v) is 3.18. The Morgan fingerprint density at radius 1 is 1.60 bits per heavy atom. The Morgan fingerprint density at radius 3 is 3.33 bits per heavy atom. The Morgan fingerprint density at radius 2 is 2.60 bits per heavy atom. The van der Waals surface area contributed by atoms with E-state index in [2.05, 4.69) is 32.8 Å². The number of nitrogens with one attached hydrogen (secondary N) is 2. The van der Waals surface area contributed by atoms with Crippen LogP contribution in [0.3, 0.4) is 0 Å². The number of hydrogen-bond donors (Lipinski definition) is 2. The van der Waals surface area contributed by atoms with E-state index in [1.165, 1.54) is 24.5 Å². The quantitative estimate of drug-likeness (QED) is 0.765. The van der Waals surface area contributed by atoms with Gasteiger partial charge in [0, 0.05) is 36.0 Å². The molecular weight excluding hydrogens is 226 g/mol. The molecule has 5 heteroatoms. The van der Waals surface area contributed by atoms with Crippen LogP contribution in [0.1, 0.15) is 12.1 Å². The number of thioether (sulfide) groups is 1. The van der Waals surface area contributed by atoms with Crippen molar-refractivity contribution in [1.82, 2.24) is 15.6 Å². The first kappa shape index (κ1) is 11.4. The fourth-order valence-electron chi connectivity index (χ4n) is 1.62. The third-order valence-electron chi connectivity index (χ3n) is 2.46. The summed E-state index contributed by atoms with van der Waals surface area (Å²) >= 11 is 3.72. The Hall–Kier alpha value is -0.100. The normalized spacial score (nSPS) is 21.7. The van der Waals surface area contributed by atoms with Gasteiger partial charge < -0.3 is 10.6 Å². The molecule has 84 valence electrons. The molecule has 0 aliphatic carbocycles. The van der Waals surface area contributed by atoms with Crippen LogP contribution in [0.4, 0.5) is 0 Å². The standard InChI is InChI=1S/C10H17N3S2/c1(9-6-14-4-3-12-9)2-11-5-10-7-15-8-13-10/h7-9,11-12H,1-6H2. The van der Waals surface area contributed by atoms with Gasteiger partial charge in [0.2, 0.25) is 0 Å². The van der Waals surface area contributed by atoms with Gasteiger partial charge in [-0.05, 0) is 13.0 Å². The summed E-state index contributed by atoms with van der Waals surface area (Å²) in [4.78, 5) is 4.24. The lowest BCUT2D eigenvalue weighted by molar-refractivity contribution is 0.502. The minimum absolute atomic E-state index is 0.701. The molecule has 1 atom stereocenters. The lowest BCUT2D eigenvalue weighted by atomic mass is 10.2. The number of hydrogen-bond acceptors (Lipinski definition) is 5. The summed E-state index contributed by atoms with van der Waals surface area (Å²) in [7, 11) is 0. The van der Waals surface area contributed by atoms with Gasteiger partial charge in [0.15, 0.2) is 0 Å². The van der Waals surface area contributed by atoms with E-state index in [1.807, 2.05) is 5.51 Å². The van der Waals surface area contributed by atoms with Crippen LogP contribution in [-0.2, 0) is 6.54 Å². The van der Waals surface area contributed by atoms with E-state index >= 15 is 0 Å². The van der Waals surface area contributed by atoms with Crippen LogP contribution in [0.2, 0.25) is 0 Å². The van der Waals surface area contributed by atoms with Gasteiger partial charge in [0.25, 0.3) is 0 Å². The molecule has 2 N–H and O–H groups in total. The minimum Gasteiger partial charge on any atom is -0.312 e. The Kier molecular flexibility index (Phi) is 4.92. The fraction of sp³-hybridized carbons (Fsp3) is 0.700. The largest absolute Gasteiger partial charge is 0.312 e. The van der Waals surface area contributed by atoms with Crippen LogP contribution in [0, 0.1) is 0 Å². The van der Waals surface area contributed by atoms with Gasteiger partial charge in [-0.25, -0.2) is 4.98 Å². The number of aromatic nitrogens is 1. The summed E-state index contributed by atoms with van der Waals surface area (Å²) in [6, 6.07) is 0.701. The first-order chi connectivity index (χ1) is 7.45. The van der Waals surface area contributed by atoms with Crippen LogP contribution in [-0.4, -0.2) is 35.6 Å². The zero-order chi connectivity index (χ0) is 10.3. The molecule has 1 fully saturated rings. The Labute approximate surface area is 99.1 Å². The smallest absolute Gasteiger partial charge is 0.0795 e. The van der Waals surface area contributed by atoms with Crippen molar-refractivity contribution in [2.75, 3.05) is 24.6 Å². The molecular formula is C10H17N3S2. The van der Waals surface area contributed by atoms with Gasteiger partial charge >= 0.3 is 0 Å². The van der Waals surface area contributed by atoms with Crippen LogP contribution < -0.4 is 10.6 Å². The summed E-state index contributed by atoms with van der Waals surface area (Å²) in [5, 5.41) is 9.07. The molecule has 0 radical (unpaired) electrons. The maximum atomic E-state index is 4.24. The number of thiazole rings is 1. The molecule has 1 aliphatic heterocycles. The van der Waals surface area contributed by atoms with Crippen molar-refractivity contribution >= 4 is 23.1 Å². The van der Waals surface area contributed by atoms with E-state index in [9.17, 15) is 0 Å². The summed E-state index contributed by atoms with van der Waals surface area (Å²) in [5.41, 5.74) is 3.04. The zero-order valence-corrected chi connectivity index (χ0v) is 10.4. The molecule has 1 saturated heterocycles.